The van der Waals surface area contributed by atoms with E-state index in [1.807, 2.05) is 0 Å². The van der Waals surface area contributed by atoms with Crippen molar-refractivity contribution in [1.29, 1.82) is 0 Å². The zero-order valence-electron chi connectivity index (χ0n) is 34.5. The summed E-state index contributed by atoms with van der Waals surface area (Å²) in [5.41, 5.74) is 18.2. The molecule has 0 aliphatic heterocycles. The Morgan fingerprint density at radius 1 is 0.403 bits per heavy atom. The topological polar surface area (TPSA) is 0 Å². The lowest BCUT2D eigenvalue weighted by molar-refractivity contribution is 0.653. The van der Waals surface area contributed by atoms with Crippen molar-refractivity contribution in [2.45, 2.75) is 18.8 Å². The first-order valence-electron chi connectivity index (χ1n) is 22.1. The molecule has 0 nitrogen and oxygen atoms in total. The summed E-state index contributed by atoms with van der Waals surface area (Å²) >= 11 is 0. The van der Waals surface area contributed by atoms with Crippen LogP contribution in [0.5, 0.6) is 0 Å². The van der Waals surface area contributed by atoms with Gasteiger partial charge in [0, 0.05) is 11.8 Å². The molecule has 0 fully saturated rings. The normalized spacial score (nSPS) is 16.7. The number of fused-ring (bicyclic) bond motifs is 5. The van der Waals surface area contributed by atoms with Gasteiger partial charge in [0.05, 0.1) is 0 Å². The molecule has 9 aromatic carbocycles. The summed E-state index contributed by atoms with van der Waals surface area (Å²) in [6.45, 7) is 0. The maximum Gasteiger partial charge on any atom is 0.0205 e. The quantitative estimate of drug-likeness (QED) is 0.147. The molecule has 0 heteroatoms. The van der Waals surface area contributed by atoms with E-state index in [4.69, 9.17) is 0 Å². The number of allylic oxidation sites excluding steroid dienone is 9. The highest BCUT2D eigenvalue weighted by atomic mass is 14.4. The van der Waals surface area contributed by atoms with Crippen LogP contribution in [0.2, 0.25) is 0 Å². The van der Waals surface area contributed by atoms with Crippen LogP contribution in [0.1, 0.15) is 46.6 Å². The van der Waals surface area contributed by atoms with Crippen LogP contribution in [0.3, 0.4) is 0 Å². The van der Waals surface area contributed by atoms with Gasteiger partial charge in [-0.2, -0.15) is 0 Å². The molecule has 0 saturated heterocycles. The standard InChI is InChI=1S/C62H44/c1-3-16-41(17-4-1)43-30-34-46(35-31-43)59-51-23-9-10-24-52(51)60(47-36-32-44(33-37-47)42-18-5-2-6-19-42)58-40-48(38-39-57(58)59)61-53-25-11-13-27-55(53)62(56-28-14-12-26-54(56)61)50-29-15-21-45-20-7-8-22-49(45)50/h1-3,5-16,18-40,55,62H,4,17H2. The second kappa shape index (κ2) is 15.2. The van der Waals surface area contributed by atoms with Crippen molar-refractivity contribution < 1.29 is 0 Å². The van der Waals surface area contributed by atoms with Crippen LogP contribution in [-0.2, 0) is 0 Å². The van der Waals surface area contributed by atoms with E-state index in [2.05, 4.69) is 231 Å². The molecule has 0 spiro atoms. The average Bonchev–Trinajstić information content (AvgIpc) is 3.35. The fraction of sp³-hybridized carbons (Fsp3) is 0.0645. The van der Waals surface area contributed by atoms with Crippen molar-refractivity contribution in [1.82, 2.24) is 0 Å². The molecule has 3 aliphatic rings. The highest BCUT2D eigenvalue weighted by Gasteiger charge is 2.36. The highest BCUT2D eigenvalue weighted by Crippen LogP contribution is 2.52. The molecule has 292 valence electrons. The molecule has 12 rings (SSSR count). The molecule has 0 N–H and O–H groups in total. The van der Waals surface area contributed by atoms with Crippen molar-refractivity contribution in [3.8, 4) is 33.4 Å². The Morgan fingerprint density at radius 3 is 1.77 bits per heavy atom. The number of rotatable bonds is 6. The van der Waals surface area contributed by atoms with Crippen LogP contribution in [0.25, 0.3) is 76.8 Å². The van der Waals surface area contributed by atoms with E-state index in [1.54, 1.807) is 0 Å². The Kier molecular flexibility index (Phi) is 8.89. The van der Waals surface area contributed by atoms with Crippen molar-refractivity contribution in [2.24, 2.45) is 5.92 Å². The fourth-order valence-corrected chi connectivity index (χ4v) is 10.8. The van der Waals surface area contributed by atoms with Gasteiger partial charge in [-0.05, 0) is 129 Å². The first-order chi connectivity index (χ1) is 30.8. The summed E-state index contributed by atoms with van der Waals surface area (Å²) in [7, 11) is 0. The van der Waals surface area contributed by atoms with Gasteiger partial charge < -0.3 is 0 Å². The fourth-order valence-electron chi connectivity index (χ4n) is 10.8. The van der Waals surface area contributed by atoms with Crippen molar-refractivity contribution in [2.75, 3.05) is 0 Å². The van der Waals surface area contributed by atoms with Gasteiger partial charge >= 0.3 is 0 Å². The molecule has 0 radical (unpaired) electrons. The van der Waals surface area contributed by atoms with E-state index in [0.29, 0.717) is 0 Å². The van der Waals surface area contributed by atoms with E-state index in [-0.39, 0.29) is 11.8 Å². The van der Waals surface area contributed by atoms with Crippen LogP contribution in [0, 0.1) is 5.92 Å². The van der Waals surface area contributed by atoms with Crippen LogP contribution in [-0.4, -0.2) is 0 Å². The SMILES string of the molecule is C1=CCCC(c2ccc(-c3c4ccccc4c(-c4ccc(-c5ccccc5)cc4)c4cc(C5=C6C=CC=CC6C(c6cccc7ccccc67)c6ccccc65)ccc34)cc2)=C1. The lowest BCUT2D eigenvalue weighted by Gasteiger charge is -2.37. The van der Waals surface area contributed by atoms with E-state index in [0.717, 1.165) is 12.8 Å². The molecular weight excluding hydrogens is 745 g/mol. The minimum absolute atomic E-state index is 0.190. The highest BCUT2D eigenvalue weighted by molar-refractivity contribution is 6.22. The van der Waals surface area contributed by atoms with Crippen molar-refractivity contribution >= 4 is 43.5 Å². The van der Waals surface area contributed by atoms with Crippen LogP contribution >= 0.6 is 0 Å². The summed E-state index contributed by atoms with van der Waals surface area (Å²) in [5, 5.41) is 7.68. The Bertz CT molecular complexity index is 3360. The van der Waals surface area contributed by atoms with E-state index in [1.165, 1.54) is 110 Å². The molecule has 3 aliphatic carbocycles. The van der Waals surface area contributed by atoms with Gasteiger partial charge in [-0.25, -0.2) is 0 Å². The number of hydrogen-bond donors (Lipinski definition) is 0. The third-order valence-corrected chi connectivity index (χ3v) is 13.6. The second-order valence-electron chi connectivity index (χ2n) is 17.0. The predicted octanol–water partition coefficient (Wildman–Crippen LogP) is 16.6. The molecule has 0 amide bonds. The van der Waals surface area contributed by atoms with Gasteiger partial charge in [0.1, 0.15) is 0 Å². The Balaban J connectivity index is 1.10. The second-order valence-corrected chi connectivity index (χ2v) is 17.0. The van der Waals surface area contributed by atoms with Crippen LogP contribution in [0.15, 0.2) is 236 Å². The Morgan fingerprint density at radius 2 is 1.00 bits per heavy atom. The molecular formula is C62H44. The van der Waals surface area contributed by atoms with Gasteiger partial charge in [-0.1, -0.05) is 225 Å². The zero-order valence-corrected chi connectivity index (χ0v) is 34.5. The molecule has 2 atom stereocenters. The molecule has 9 aromatic rings. The smallest absolute Gasteiger partial charge is 0.0205 e. The maximum absolute atomic E-state index is 2.51. The largest absolute Gasteiger partial charge is 0.0842 e. The first kappa shape index (κ1) is 36.3. The predicted molar refractivity (Wildman–Crippen MR) is 264 cm³/mol. The maximum atomic E-state index is 2.51. The summed E-state index contributed by atoms with van der Waals surface area (Å²) in [6, 6.07) is 70.5. The van der Waals surface area contributed by atoms with E-state index >= 15 is 0 Å². The number of benzene rings is 9. The van der Waals surface area contributed by atoms with Gasteiger partial charge in [0.25, 0.3) is 0 Å². The van der Waals surface area contributed by atoms with Crippen LogP contribution in [0.4, 0.5) is 0 Å². The molecule has 2 unspecified atom stereocenters. The molecule has 0 heterocycles. The summed E-state index contributed by atoms with van der Waals surface area (Å²) < 4.78 is 0. The molecule has 62 heavy (non-hydrogen) atoms. The molecule has 0 aromatic heterocycles. The molecule has 0 bridgehead atoms. The van der Waals surface area contributed by atoms with Crippen LogP contribution < -0.4 is 0 Å². The third-order valence-electron chi connectivity index (χ3n) is 13.6. The third kappa shape index (κ3) is 6.06. The Hall–Kier alpha value is -7.54. The molecule has 0 saturated carbocycles. The van der Waals surface area contributed by atoms with Crippen molar-refractivity contribution in [3.05, 3.63) is 264 Å². The van der Waals surface area contributed by atoms with E-state index < -0.39 is 0 Å². The lowest BCUT2D eigenvalue weighted by Crippen LogP contribution is -2.23. The van der Waals surface area contributed by atoms with Gasteiger partial charge in [0.2, 0.25) is 0 Å². The first-order valence-corrected chi connectivity index (χ1v) is 22.1. The summed E-state index contributed by atoms with van der Waals surface area (Å²) in [6.07, 6.45) is 18.2. The summed E-state index contributed by atoms with van der Waals surface area (Å²) in [4.78, 5) is 0. The van der Waals surface area contributed by atoms with Gasteiger partial charge in [-0.15, -0.1) is 0 Å². The minimum Gasteiger partial charge on any atom is -0.0842 e. The van der Waals surface area contributed by atoms with Gasteiger partial charge in [-0.3, -0.25) is 0 Å². The van der Waals surface area contributed by atoms with Crippen molar-refractivity contribution in [3.63, 3.8) is 0 Å². The minimum atomic E-state index is 0.190. The monoisotopic (exact) mass is 788 g/mol. The van der Waals surface area contributed by atoms with Gasteiger partial charge in [0.15, 0.2) is 0 Å². The average molecular weight is 789 g/mol. The number of hydrogen-bond acceptors (Lipinski definition) is 0. The lowest BCUT2D eigenvalue weighted by atomic mass is 9.66. The Labute approximate surface area is 363 Å². The van der Waals surface area contributed by atoms with E-state index in [9.17, 15) is 0 Å². The summed E-state index contributed by atoms with van der Waals surface area (Å²) in [5.74, 6) is 0.382. The zero-order chi connectivity index (χ0) is 41.0.